The minimum Gasteiger partial charge on any atom is -0.388 e. The summed E-state index contributed by atoms with van der Waals surface area (Å²) in [5, 5.41) is 6.56. The van der Waals surface area contributed by atoms with E-state index in [-0.39, 0.29) is 0 Å². The Morgan fingerprint density at radius 3 is 2.32 bits per heavy atom. The highest BCUT2D eigenvalue weighted by atomic mass is 14.9. The number of rotatable bonds is 6. The van der Waals surface area contributed by atoms with Crippen LogP contribution in [-0.4, -0.2) is 7.05 Å². The zero-order valence-electron chi connectivity index (χ0n) is 12.4. The molecule has 2 heteroatoms. The molecule has 0 radical (unpaired) electrons. The van der Waals surface area contributed by atoms with Crippen LogP contribution in [0.15, 0.2) is 59.8 Å². The van der Waals surface area contributed by atoms with Gasteiger partial charge in [-0.05, 0) is 44.0 Å². The smallest absolute Gasteiger partial charge is 0.0397 e. The van der Waals surface area contributed by atoms with Crippen molar-refractivity contribution in [1.82, 2.24) is 5.32 Å². The van der Waals surface area contributed by atoms with E-state index in [9.17, 15) is 0 Å². The lowest BCUT2D eigenvalue weighted by Crippen LogP contribution is -2.11. The van der Waals surface area contributed by atoms with Crippen LogP contribution in [-0.2, 0) is 6.54 Å². The summed E-state index contributed by atoms with van der Waals surface area (Å²) in [4.78, 5) is 0. The molecule has 0 aromatic heterocycles. The van der Waals surface area contributed by atoms with Crippen LogP contribution < -0.4 is 10.6 Å². The number of allylic oxidation sites excluding steroid dienone is 5. The Balaban J connectivity index is 2.64. The minimum absolute atomic E-state index is 0.841. The van der Waals surface area contributed by atoms with Gasteiger partial charge in [0, 0.05) is 25.0 Å². The molecule has 0 aliphatic carbocycles. The number of hydrogen-bond acceptors (Lipinski definition) is 2. The molecule has 0 saturated carbocycles. The summed E-state index contributed by atoms with van der Waals surface area (Å²) in [5.74, 6) is 0. The molecule has 19 heavy (non-hydrogen) atoms. The Labute approximate surface area is 116 Å². The highest BCUT2D eigenvalue weighted by molar-refractivity contribution is 5.43. The molecule has 0 unspecified atom stereocenters. The molecule has 2 nitrogen and oxygen atoms in total. The second kappa shape index (κ2) is 7.47. The first kappa shape index (κ1) is 15.1. The summed E-state index contributed by atoms with van der Waals surface area (Å²) in [6, 6.07) is 8.44. The Morgan fingerprint density at radius 2 is 1.79 bits per heavy atom. The van der Waals surface area contributed by atoms with E-state index in [0.717, 1.165) is 12.2 Å². The van der Waals surface area contributed by atoms with Gasteiger partial charge in [-0.15, -0.1) is 0 Å². The molecular formula is C17H24N2. The average Bonchev–Trinajstić information content (AvgIpc) is 2.44. The monoisotopic (exact) mass is 256 g/mol. The fourth-order valence-corrected chi connectivity index (χ4v) is 1.67. The van der Waals surface area contributed by atoms with E-state index < -0.39 is 0 Å². The highest BCUT2D eigenvalue weighted by Gasteiger charge is 1.96. The maximum absolute atomic E-state index is 3.77. The quantitative estimate of drug-likeness (QED) is 0.744. The van der Waals surface area contributed by atoms with Gasteiger partial charge in [0.2, 0.25) is 0 Å². The van der Waals surface area contributed by atoms with Gasteiger partial charge in [0.25, 0.3) is 0 Å². The van der Waals surface area contributed by atoms with Crippen LogP contribution in [0.4, 0.5) is 5.69 Å². The van der Waals surface area contributed by atoms with Gasteiger partial charge in [-0.25, -0.2) is 0 Å². The van der Waals surface area contributed by atoms with Crippen molar-refractivity contribution in [3.63, 3.8) is 0 Å². The fraction of sp³-hybridized carbons (Fsp3) is 0.294. The highest BCUT2D eigenvalue weighted by Crippen LogP contribution is 2.10. The van der Waals surface area contributed by atoms with Gasteiger partial charge in [0.05, 0.1) is 0 Å². The van der Waals surface area contributed by atoms with Crippen molar-refractivity contribution in [2.24, 2.45) is 0 Å². The van der Waals surface area contributed by atoms with E-state index in [2.05, 4.69) is 68.3 Å². The Morgan fingerprint density at radius 1 is 1.16 bits per heavy atom. The normalized spacial score (nSPS) is 12.7. The number of nitrogens with one attached hydrogen (secondary N) is 2. The zero-order chi connectivity index (χ0) is 14.3. The van der Waals surface area contributed by atoms with Gasteiger partial charge in [-0.1, -0.05) is 36.4 Å². The first-order valence-electron chi connectivity index (χ1n) is 6.55. The lowest BCUT2D eigenvalue weighted by molar-refractivity contribution is 0.803. The standard InChI is InChI=1S/C17H24N2/c1-6-13(2)11-14(3)15(4)19-12-16-7-9-17(18-5)10-8-16/h6-11,18-19H,1,12H2,2-5H3/b13-11-,15-14+. The van der Waals surface area contributed by atoms with Crippen molar-refractivity contribution in [3.8, 4) is 0 Å². The van der Waals surface area contributed by atoms with E-state index in [1.165, 1.54) is 22.4 Å². The fourth-order valence-electron chi connectivity index (χ4n) is 1.67. The van der Waals surface area contributed by atoms with Crippen molar-refractivity contribution in [3.05, 3.63) is 65.4 Å². The molecule has 0 spiro atoms. The van der Waals surface area contributed by atoms with Crippen molar-refractivity contribution in [2.45, 2.75) is 27.3 Å². The van der Waals surface area contributed by atoms with E-state index >= 15 is 0 Å². The molecule has 1 rings (SSSR count). The third kappa shape index (κ3) is 5.04. The maximum atomic E-state index is 3.77. The molecule has 0 amide bonds. The lowest BCUT2D eigenvalue weighted by atomic mass is 10.1. The molecule has 0 saturated heterocycles. The molecule has 1 aromatic rings. The Kier molecular flexibility index (Phi) is 5.94. The van der Waals surface area contributed by atoms with Gasteiger partial charge in [-0.2, -0.15) is 0 Å². The van der Waals surface area contributed by atoms with E-state index in [4.69, 9.17) is 0 Å². The summed E-state index contributed by atoms with van der Waals surface area (Å²) in [7, 11) is 1.93. The minimum atomic E-state index is 0.841. The van der Waals surface area contributed by atoms with Crippen molar-refractivity contribution < 1.29 is 0 Å². The molecule has 0 aliphatic rings. The van der Waals surface area contributed by atoms with Gasteiger partial charge in [0.15, 0.2) is 0 Å². The topological polar surface area (TPSA) is 24.1 Å². The van der Waals surface area contributed by atoms with Gasteiger partial charge >= 0.3 is 0 Å². The number of hydrogen-bond donors (Lipinski definition) is 2. The average molecular weight is 256 g/mol. The summed E-state index contributed by atoms with van der Waals surface area (Å²) in [5.41, 5.74) is 6.02. The molecule has 0 bridgehead atoms. The molecule has 0 aliphatic heterocycles. The molecule has 0 heterocycles. The zero-order valence-corrected chi connectivity index (χ0v) is 12.4. The number of anilines is 1. The van der Waals surface area contributed by atoms with E-state index in [0.29, 0.717) is 0 Å². The van der Waals surface area contributed by atoms with Crippen LogP contribution in [0.25, 0.3) is 0 Å². The predicted molar refractivity (Wildman–Crippen MR) is 85.2 cm³/mol. The molecule has 0 fully saturated rings. The summed E-state index contributed by atoms with van der Waals surface area (Å²) in [6.45, 7) is 10.9. The van der Waals surface area contributed by atoms with Crippen LogP contribution in [0.5, 0.6) is 0 Å². The van der Waals surface area contributed by atoms with Crippen LogP contribution in [0.3, 0.4) is 0 Å². The van der Waals surface area contributed by atoms with Gasteiger partial charge in [0.1, 0.15) is 0 Å². The van der Waals surface area contributed by atoms with Crippen molar-refractivity contribution in [2.75, 3.05) is 12.4 Å². The Hall–Kier alpha value is -1.96. The lowest BCUT2D eigenvalue weighted by Gasteiger charge is -2.10. The van der Waals surface area contributed by atoms with Crippen LogP contribution in [0.1, 0.15) is 26.3 Å². The van der Waals surface area contributed by atoms with Crippen molar-refractivity contribution in [1.29, 1.82) is 0 Å². The summed E-state index contributed by atoms with van der Waals surface area (Å²) in [6.07, 6.45) is 4.01. The second-order valence-corrected chi connectivity index (χ2v) is 4.70. The summed E-state index contributed by atoms with van der Waals surface area (Å²) < 4.78 is 0. The first-order chi connectivity index (χ1) is 9.06. The third-order valence-electron chi connectivity index (χ3n) is 3.16. The molecule has 0 atom stereocenters. The Bertz CT molecular complexity index is 478. The maximum Gasteiger partial charge on any atom is 0.0397 e. The van der Waals surface area contributed by atoms with Crippen LogP contribution >= 0.6 is 0 Å². The molecule has 1 aromatic carbocycles. The molecule has 102 valence electrons. The predicted octanol–water partition coefficient (Wildman–Crippen LogP) is 4.24. The second-order valence-electron chi connectivity index (χ2n) is 4.70. The SMILES string of the molecule is C=C/C(C)=C\C(C)=C(/C)NCc1ccc(NC)cc1. The number of benzene rings is 1. The third-order valence-corrected chi connectivity index (χ3v) is 3.16. The molecule has 2 N–H and O–H groups in total. The van der Waals surface area contributed by atoms with E-state index in [1.807, 2.05) is 13.1 Å². The van der Waals surface area contributed by atoms with Crippen molar-refractivity contribution >= 4 is 5.69 Å². The van der Waals surface area contributed by atoms with E-state index in [1.54, 1.807) is 0 Å². The summed E-state index contributed by atoms with van der Waals surface area (Å²) >= 11 is 0. The largest absolute Gasteiger partial charge is 0.388 e. The first-order valence-corrected chi connectivity index (χ1v) is 6.55. The molecular weight excluding hydrogens is 232 g/mol. The van der Waals surface area contributed by atoms with Gasteiger partial charge < -0.3 is 10.6 Å². The van der Waals surface area contributed by atoms with Crippen LogP contribution in [0, 0.1) is 0 Å². The van der Waals surface area contributed by atoms with Gasteiger partial charge in [-0.3, -0.25) is 0 Å². The van der Waals surface area contributed by atoms with Crippen LogP contribution in [0.2, 0.25) is 0 Å².